The molecular formula is C19H18FNOS. The van der Waals surface area contributed by atoms with E-state index in [4.69, 9.17) is 0 Å². The summed E-state index contributed by atoms with van der Waals surface area (Å²) in [5.41, 5.74) is 1.80. The molecule has 0 aliphatic carbocycles. The molecule has 0 aliphatic heterocycles. The standard InChI is InChI=1S/C19H18FNOS/c1-15(23-14-17-7-3-2-4-8-17)19(22)21-12-6-10-16-9-5-11-18(20)13-16/h2-5,7-9,11,13,15H,12,14H2,1H3,(H,21,22)/t15-/m1/s1. The number of halogens is 1. The van der Waals surface area contributed by atoms with Crippen LogP contribution in [0.5, 0.6) is 0 Å². The molecule has 1 N–H and O–H groups in total. The summed E-state index contributed by atoms with van der Waals surface area (Å²) in [6.45, 7) is 2.13. The lowest BCUT2D eigenvalue weighted by molar-refractivity contribution is -0.120. The Bertz CT molecular complexity index is 706. The summed E-state index contributed by atoms with van der Waals surface area (Å²) in [6.07, 6.45) is 0. The first-order valence-electron chi connectivity index (χ1n) is 7.33. The van der Waals surface area contributed by atoms with Crippen LogP contribution in [0.2, 0.25) is 0 Å². The van der Waals surface area contributed by atoms with Crippen molar-refractivity contribution in [1.29, 1.82) is 0 Å². The number of hydrogen-bond acceptors (Lipinski definition) is 2. The van der Waals surface area contributed by atoms with Crippen LogP contribution in [-0.2, 0) is 10.5 Å². The van der Waals surface area contributed by atoms with Crippen LogP contribution in [0, 0.1) is 17.7 Å². The van der Waals surface area contributed by atoms with Gasteiger partial charge in [0.1, 0.15) is 5.82 Å². The van der Waals surface area contributed by atoms with Crippen molar-refractivity contribution >= 4 is 17.7 Å². The topological polar surface area (TPSA) is 29.1 Å². The predicted molar refractivity (Wildman–Crippen MR) is 93.5 cm³/mol. The van der Waals surface area contributed by atoms with Gasteiger partial charge in [-0.25, -0.2) is 4.39 Å². The third-order valence-electron chi connectivity index (χ3n) is 3.12. The smallest absolute Gasteiger partial charge is 0.233 e. The lowest BCUT2D eigenvalue weighted by Gasteiger charge is -2.10. The normalized spacial score (nSPS) is 11.2. The summed E-state index contributed by atoms with van der Waals surface area (Å²) in [7, 11) is 0. The van der Waals surface area contributed by atoms with E-state index < -0.39 is 0 Å². The maximum Gasteiger partial charge on any atom is 0.233 e. The first-order chi connectivity index (χ1) is 11.1. The van der Waals surface area contributed by atoms with Crippen molar-refractivity contribution in [1.82, 2.24) is 5.32 Å². The fourth-order valence-corrected chi connectivity index (χ4v) is 2.73. The molecule has 0 spiro atoms. The molecule has 2 rings (SSSR count). The zero-order chi connectivity index (χ0) is 16.5. The Kier molecular flexibility index (Phi) is 6.71. The van der Waals surface area contributed by atoms with Crippen molar-refractivity contribution < 1.29 is 9.18 Å². The predicted octanol–water partition coefficient (Wildman–Crippen LogP) is 3.62. The van der Waals surface area contributed by atoms with E-state index in [9.17, 15) is 9.18 Å². The highest BCUT2D eigenvalue weighted by atomic mass is 32.2. The van der Waals surface area contributed by atoms with Gasteiger partial charge in [0.2, 0.25) is 5.91 Å². The average Bonchev–Trinajstić information content (AvgIpc) is 2.57. The van der Waals surface area contributed by atoms with E-state index in [0.29, 0.717) is 5.56 Å². The highest BCUT2D eigenvalue weighted by Crippen LogP contribution is 2.17. The Hall–Kier alpha value is -2.25. The van der Waals surface area contributed by atoms with E-state index in [1.807, 2.05) is 37.3 Å². The van der Waals surface area contributed by atoms with E-state index >= 15 is 0 Å². The molecule has 0 radical (unpaired) electrons. The maximum absolute atomic E-state index is 13.0. The molecule has 0 saturated heterocycles. The van der Waals surface area contributed by atoms with Gasteiger partial charge in [-0.2, -0.15) is 0 Å². The van der Waals surface area contributed by atoms with E-state index in [-0.39, 0.29) is 23.5 Å². The molecule has 1 atom stereocenters. The summed E-state index contributed by atoms with van der Waals surface area (Å²) < 4.78 is 13.0. The Balaban J connectivity index is 1.74. The highest BCUT2D eigenvalue weighted by molar-refractivity contribution is 7.99. The number of amides is 1. The number of thioether (sulfide) groups is 1. The number of hydrogen-bond donors (Lipinski definition) is 1. The number of benzene rings is 2. The molecule has 2 aromatic carbocycles. The van der Waals surface area contributed by atoms with Crippen LogP contribution in [0.4, 0.5) is 4.39 Å². The van der Waals surface area contributed by atoms with Crippen LogP contribution in [-0.4, -0.2) is 17.7 Å². The lowest BCUT2D eigenvalue weighted by Crippen LogP contribution is -2.31. The summed E-state index contributed by atoms with van der Waals surface area (Å²) in [6, 6.07) is 16.1. The van der Waals surface area contributed by atoms with E-state index in [0.717, 1.165) is 5.75 Å². The molecule has 0 aromatic heterocycles. The molecular weight excluding hydrogens is 309 g/mol. The fourth-order valence-electron chi connectivity index (χ4n) is 1.86. The van der Waals surface area contributed by atoms with Crippen molar-refractivity contribution in [3.63, 3.8) is 0 Å². The summed E-state index contributed by atoms with van der Waals surface area (Å²) in [5.74, 6) is 6.10. The zero-order valence-corrected chi connectivity index (χ0v) is 13.7. The Morgan fingerprint density at radius 1 is 1.22 bits per heavy atom. The van der Waals surface area contributed by atoms with Gasteiger partial charge in [-0.05, 0) is 30.7 Å². The molecule has 0 aliphatic rings. The molecule has 2 nitrogen and oxygen atoms in total. The van der Waals surface area contributed by atoms with E-state index in [1.165, 1.54) is 17.7 Å². The first-order valence-corrected chi connectivity index (χ1v) is 8.37. The van der Waals surface area contributed by atoms with Crippen LogP contribution >= 0.6 is 11.8 Å². The second-order valence-corrected chi connectivity index (χ2v) is 6.30. The van der Waals surface area contributed by atoms with Crippen LogP contribution in [0.25, 0.3) is 0 Å². The van der Waals surface area contributed by atoms with Gasteiger partial charge >= 0.3 is 0 Å². The van der Waals surface area contributed by atoms with Crippen molar-refractivity contribution in [3.05, 3.63) is 71.5 Å². The lowest BCUT2D eigenvalue weighted by atomic mass is 10.2. The van der Waals surface area contributed by atoms with Gasteiger partial charge in [0.25, 0.3) is 0 Å². The second-order valence-electron chi connectivity index (χ2n) is 4.97. The van der Waals surface area contributed by atoms with Gasteiger partial charge in [0, 0.05) is 11.3 Å². The third kappa shape index (κ3) is 6.17. The number of rotatable bonds is 5. The molecule has 0 fully saturated rings. The minimum absolute atomic E-state index is 0.0422. The van der Waals surface area contributed by atoms with Crippen molar-refractivity contribution in [2.45, 2.75) is 17.9 Å². The van der Waals surface area contributed by atoms with Gasteiger partial charge in [-0.3, -0.25) is 4.79 Å². The average molecular weight is 327 g/mol. The number of carbonyl (C=O) groups is 1. The van der Waals surface area contributed by atoms with Crippen molar-refractivity contribution in [2.75, 3.05) is 6.54 Å². The van der Waals surface area contributed by atoms with Gasteiger partial charge in [-0.15, -0.1) is 11.8 Å². The molecule has 23 heavy (non-hydrogen) atoms. The molecule has 1 amide bonds. The fraction of sp³-hybridized carbons (Fsp3) is 0.211. The Morgan fingerprint density at radius 2 is 2.00 bits per heavy atom. The minimum atomic E-state index is -0.313. The first kappa shape index (κ1) is 17.1. The molecule has 0 unspecified atom stereocenters. The summed E-state index contributed by atoms with van der Waals surface area (Å²) in [4.78, 5) is 12.0. The molecule has 2 aromatic rings. The quantitative estimate of drug-likeness (QED) is 0.850. The van der Waals surface area contributed by atoms with Gasteiger partial charge in [-0.1, -0.05) is 48.2 Å². The number of carbonyl (C=O) groups excluding carboxylic acids is 1. The van der Waals surface area contributed by atoms with E-state index in [1.54, 1.807) is 23.9 Å². The van der Waals surface area contributed by atoms with Gasteiger partial charge in [0.05, 0.1) is 11.8 Å². The molecule has 0 heterocycles. The van der Waals surface area contributed by atoms with Crippen LogP contribution in [0.1, 0.15) is 18.1 Å². The minimum Gasteiger partial charge on any atom is -0.344 e. The second kappa shape index (κ2) is 9.02. The summed E-state index contributed by atoms with van der Waals surface area (Å²) in [5, 5.41) is 2.63. The largest absolute Gasteiger partial charge is 0.344 e. The Labute approximate surface area is 140 Å². The van der Waals surface area contributed by atoms with Crippen LogP contribution in [0.3, 0.4) is 0 Å². The number of nitrogens with one attached hydrogen (secondary N) is 1. The van der Waals surface area contributed by atoms with Gasteiger partial charge in [0.15, 0.2) is 0 Å². The SMILES string of the molecule is C[C@@H](SCc1ccccc1)C(=O)NCC#Cc1cccc(F)c1. The monoisotopic (exact) mass is 327 g/mol. The third-order valence-corrected chi connectivity index (χ3v) is 4.33. The Morgan fingerprint density at radius 3 is 2.74 bits per heavy atom. The van der Waals surface area contributed by atoms with Crippen LogP contribution < -0.4 is 5.32 Å². The molecule has 118 valence electrons. The van der Waals surface area contributed by atoms with Crippen molar-refractivity contribution in [3.8, 4) is 11.8 Å². The highest BCUT2D eigenvalue weighted by Gasteiger charge is 2.12. The molecule has 4 heteroatoms. The van der Waals surface area contributed by atoms with Crippen LogP contribution in [0.15, 0.2) is 54.6 Å². The van der Waals surface area contributed by atoms with E-state index in [2.05, 4.69) is 17.2 Å². The zero-order valence-electron chi connectivity index (χ0n) is 12.9. The molecule has 0 bridgehead atoms. The molecule has 0 saturated carbocycles. The van der Waals surface area contributed by atoms with Crippen molar-refractivity contribution in [2.24, 2.45) is 0 Å². The summed E-state index contributed by atoms with van der Waals surface area (Å²) >= 11 is 1.58. The maximum atomic E-state index is 13.0. The van der Waals surface area contributed by atoms with Gasteiger partial charge < -0.3 is 5.32 Å².